The summed E-state index contributed by atoms with van der Waals surface area (Å²) in [4.78, 5) is 0. The molecule has 0 aromatic heterocycles. The van der Waals surface area contributed by atoms with Gasteiger partial charge in [0.25, 0.3) is 0 Å². The Morgan fingerprint density at radius 3 is 2.30 bits per heavy atom. The van der Waals surface area contributed by atoms with Crippen molar-refractivity contribution in [1.29, 1.82) is 0 Å². The standard InChI is InChI=1S/C19H20F2IN3O4S/c20-13-1-3-17(18(11-13)23-16-4-2-14(22)12-15(16)21)24-30(26,27)25-7-5-19(6-8-25)28-9-10-29-19/h1-4,11-12,23-24H,5-10H2. The summed E-state index contributed by atoms with van der Waals surface area (Å²) in [6.07, 6.45) is 0.854. The molecule has 7 nitrogen and oxygen atoms in total. The molecule has 2 N–H and O–H groups in total. The summed E-state index contributed by atoms with van der Waals surface area (Å²) >= 11 is 1.98. The monoisotopic (exact) mass is 551 g/mol. The van der Waals surface area contributed by atoms with Crippen LogP contribution < -0.4 is 10.0 Å². The molecular formula is C19H20F2IN3O4S. The van der Waals surface area contributed by atoms with Gasteiger partial charge in [0.15, 0.2) is 5.79 Å². The fourth-order valence-electron chi connectivity index (χ4n) is 3.50. The highest BCUT2D eigenvalue weighted by molar-refractivity contribution is 14.1. The Kier molecular flexibility index (Phi) is 6.17. The van der Waals surface area contributed by atoms with Crippen molar-refractivity contribution in [1.82, 2.24) is 4.31 Å². The molecule has 2 aliphatic heterocycles. The Labute approximate surface area is 187 Å². The first-order chi connectivity index (χ1) is 14.3. The highest BCUT2D eigenvalue weighted by atomic mass is 127. The second-order valence-electron chi connectivity index (χ2n) is 7.05. The van der Waals surface area contributed by atoms with Gasteiger partial charge in [0.2, 0.25) is 0 Å². The molecule has 2 aromatic rings. The predicted octanol–water partition coefficient (Wildman–Crippen LogP) is 3.81. The summed E-state index contributed by atoms with van der Waals surface area (Å²) in [5.41, 5.74) is 0.328. The largest absolute Gasteiger partial charge is 0.351 e. The van der Waals surface area contributed by atoms with Crippen molar-refractivity contribution in [3.05, 3.63) is 51.6 Å². The topological polar surface area (TPSA) is 79.9 Å². The number of rotatable bonds is 5. The Hall–Kier alpha value is -1.54. The van der Waals surface area contributed by atoms with E-state index in [1.165, 1.54) is 22.5 Å². The van der Waals surface area contributed by atoms with Crippen molar-refractivity contribution in [3.63, 3.8) is 0 Å². The molecule has 2 aromatic carbocycles. The van der Waals surface area contributed by atoms with Crippen molar-refractivity contribution >= 4 is 49.9 Å². The average molecular weight is 551 g/mol. The van der Waals surface area contributed by atoms with E-state index in [4.69, 9.17) is 9.47 Å². The molecule has 11 heteroatoms. The lowest BCUT2D eigenvalue weighted by Gasteiger charge is -2.36. The van der Waals surface area contributed by atoms with Crippen molar-refractivity contribution in [3.8, 4) is 0 Å². The van der Waals surface area contributed by atoms with Gasteiger partial charge in [-0.2, -0.15) is 12.7 Å². The van der Waals surface area contributed by atoms with Gasteiger partial charge in [0.1, 0.15) is 11.6 Å². The van der Waals surface area contributed by atoms with E-state index in [1.54, 1.807) is 6.07 Å². The van der Waals surface area contributed by atoms with E-state index in [9.17, 15) is 17.2 Å². The fourth-order valence-corrected chi connectivity index (χ4v) is 5.20. The Bertz CT molecular complexity index is 1040. The van der Waals surface area contributed by atoms with Gasteiger partial charge in [-0.3, -0.25) is 4.72 Å². The van der Waals surface area contributed by atoms with Gasteiger partial charge in [0.05, 0.1) is 30.3 Å². The third kappa shape index (κ3) is 4.69. The van der Waals surface area contributed by atoms with Crippen LogP contribution in [0.25, 0.3) is 0 Å². The fraction of sp³-hybridized carbons (Fsp3) is 0.368. The van der Waals surface area contributed by atoms with E-state index >= 15 is 0 Å². The van der Waals surface area contributed by atoms with Crippen LogP contribution in [0.5, 0.6) is 0 Å². The second-order valence-corrected chi connectivity index (χ2v) is 9.97. The summed E-state index contributed by atoms with van der Waals surface area (Å²) in [6, 6.07) is 8.06. The zero-order chi connectivity index (χ0) is 21.4. The minimum Gasteiger partial charge on any atom is -0.351 e. The molecule has 2 aliphatic rings. The molecule has 4 rings (SSSR count). The molecule has 2 heterocycles. The van der Waals surface area contributed by atoms with E-state index < -0.39 is 27.6 Å². The summed E-state index contributed by atoms with van der Waals surface area (Å²) < 4.78 is 69.6. The van der Waals surface area contributed by atoms with Crippen LogP contribution in [0.3, 0.4) is 0 Å². The molecule has 0 radical (unpaired) electrons. The summed E-state index contributed by atoms with van der Waals surface area (Å²) in [5, 5.41) is 2.77. The van der Waals surface area contributed by atoms with Gasteiger partial charge in [-0.15, -0.1) is 0 Å². The summed E-state index contributed by atoms with van der Waals surface area (Å²) in [7, 11) is -3.91. The second kappa shape index (κ2) is 8.54. The molecule has 2 fully saturated rings. The lowest BCUT2D eigenvalue weighted by Crippen LogP contribution is -2.48. The van der Waals surface area contributed by atoms with Crippen LogP contribution >= 0.6 is 22.6 Å². The molecule has 0 unspecified atom stereocenters. The van der Waals surface area contributed by atoms with Gasteiger partial charge in [0, 0.05) is 29.5 Å². The van der Waals surface area contributed by atoms with Crippen LogP contribution in [-0.4, -0.2) is 44.8 Å². The minimum absolute atomic E-state index is 0.106. The van der Waals surface area contributed by atoms with Gasteiger partial charge in [-0.1, -0.05) is 0 Å². The number of hydrogen-bond donors (Lipinski definition) is 2. The van der Waals surface area contributed by atoms with Crippen molar-refractivity contribution < 1.29 is 26.7 Å². The van der Waals surface area contributed by atoms with Crippen molar-refractivity contribution in [2.75, 3.05) is 36.3 Å². The number of nitrogens with zero attached hydrogens (tertiary/aromatic N) is 1. The third-order valence-corrected chi connectivity index (χ3v) is 7.25. The zero-order valence-electron chi connectivity index (χ0n) is 15.8. The molecule has 30 heavy (non-hydrogen) atoms. The van der Waals surface area contributed by atoms with Gasteiger partial charge in [-0.25, -0.2) is 8.78 Å². The first-order valence-corrected chi connectivity index (χ1v) is 11.9. The molecule has 0 atom stereocenters. The number of anilines is 3. The molecule has 0 saturated carbocycles. The van der Waals surface area contributed by atoms with Gasteiger partial charge >= 0.3 is 10.2 Å². The van der Waals surface area contributed by atoms with Crippen LogP contribution in [0.2, 0.25) is 0 Å². The highest BCUT2D eigenvalue weighted by Gasteiger charge is 2.42. The SMILES string of the molecule is O=S(=O)(Nc1ccc(F)cc1Nc1ccc(I)cc1F)N1CCC2(CC1)OCCO2. The van der Waals surface area contributed by atoms with Gasteiger partial charge in [-0.05, 0) is 59.0 Å². The molecule has 162 valence electrons. The number of benzene rings is 2. The van der Waals surface area contributed by atoms with Crippen LogP contribution in [0.15, 0.2) is 36.4 Å². The summed E-state index contributed by atoms with van der Waals surface area (Å²) in [5.74, 6) is -1.81. The normalized spacial score (nSPS) is 19.2. The average Bonchev–Trinajstić information content (AvgIpc) is 3.14. The molecule has 2 saturated heterocycles. The molecular weight excluding hydrogens is 531 g/mol. The lowest BCUT2D eigenvalue weighted by atomic mass is 10.1. The van der Waals surface area contributed by atoms with Crippen molar-refractivity contribution in [2.24, 2.45) is 0 Å². The highest BCUT2D eigenvalue weighted by Crippen LogP contribution is 2.34. The number of halogens is 3. The van der Waals surface area contributed by atoms with Crippen LogP contribution in [-0.2, 0) is 19.7 Å². The molecule has 0 bridgehead atoms. The molecule has 0 aliphatic carbocycles. The maximum absolute atomic E-state index is 14.2. The minimum atomic E-state index is -3.91. The molecule has 0 amide bonds. The Morgan fingerprint density at radius 1 is 0.967 bits per heavy atom. The van der Waals surface area contributed by atoms with E-state index in [0.29, 0.717) is 29.6 Å². The number of ether oxygens (including phenoxy) is 2. The number of nitrogens with one attached hydrogen (secondary N) is 2. The summed E-state index contributed by atoms with van der Waals surface area (Å²) in [6.45, 7) is 1.46. The first kappa shape index (κ1) is 21.7. The zero-order valence-corrected chi connectivity index (χ0v) is 18.8. The third-order valence-electron chi connectivity index (χ3n) is 5.06. The van der Waals surface area contributed by atoms with Gasteiger partial charge < -0.3 is 14.8 Å². The van der Waals surface area contributed by atoms with Crippen molar-refractivity contribution in [2.45, 2.75) is 18.6 Å². The van der Waals surface area contributed by atoms with Crippen LogP contribution in [0.1, 0.15) is 12.8 Å². The van der Waals surface area contributed by atoms with E-state index in [0.717, 1.165) is 12.1 Å². The first-order valence-electron chi connectivity index (χ1n) is 9.34. The van der Waals surface area contributed by atoms with Crippen LogP contribution in [0, 0.1) is 15.2 Å². The van der Waals surface area contributed by atoms with E-state index in [1.807, 2.05) is 22.6 Å². The predicted molar refractivity (Wildman–Crippen MR) is 117 cm³/mol. The maximum Gasteiger partial charge on any atom is 0.301 e. The number of piperidine rings is 1. The number of hydrogen-bond acceptors (Lipinski definition) is 5. The molecule has 1 spiro atoms. The van der Waals surface area contributed by atoms with E-state index in [2.05, 4.69) is 10.0 Å². The maximum atomic E-state index is 14.2. The quantitative estimate of drug-likeness (QED) is 0.553. The Morgan fingerprint density at radius 2 is 1.63 bits per heavy atom. The smallest absolute Gasteiger partial charge is 0.301 e. The Balaban J connectivity index is 1.52. The van der Waals surface area contributed by atoms with E-state index in [-0.39, 0.29) is 30.2 Å². The lowest BCUT2D eigenvalue weighted by molar-refractivity contribution is -0.179. The van der Waals surface area contributed by atoms with Crippen LogP contribution in [0.4, 0.5) is 25.8 Å².